The maximum absolute atomic E-state index is 12.4. The summed E-state index contributed by atoms with van der Waals surface area (Å²) in [7, 11) is 0. The van der Waals surface area contributed by atoms with Crippen LogP contribution in [0.5, 0.6) is 0 Å². The van der Waals surface area contributed by atoms with Gasteiger partial charge in [-0.1, -0.05) is 25.0 Å². The Kier molecular flexibility index (Phi) is 1.84. The molecule has 108 valence electrons. The Morgan fingerprint density at radius 1 is 1.45 bits per heavy atom. The third-order valence-corrected chi connectivity index (χ3v) is 2.36. The first-order chi connectivity index (χ1) is 13.7. The van der Waals surface area contributed by atoms with Gasteiger partial charge < -0.3 is 10.2 Å². The van der Waals surface area contributed by atoms with Crippen LogP contribution in [0.4, 0.5) is 5.69 Å². The van der Waals surface area contributed by atoms with Gasteiger partial charge in [-0.2, -0.15) is 0 Å². The van der Waals surface area contributed by atoms with E-state index in [0.29, 0.717) is 0 Å². The number of carboxylic acid groups (broad SMARTS) is 2. The third kappa shape index (κ3) is 2.96. The van der Waals surface area contributed by atoms with Crippen LogP contribution < -0.4 is 4.90 Å². The molecule has 0 bridgehead atoms. The summed E-state index contributed by atoms with van der Waals surface area (Å²) in [6.45, 7) is -6.34. The van der Waals surface area contributed by atoms with Gasteiger partial charge in [0.1, 0.15) is 6.04 Å². The topological polar surface area (TPSA) is 94.9 Å². The number of carboxylic acids is 2. The van der Waals surface area contributed by atoms with Crippen LogP contribution in [0, 0.1) is 6.85 Å². The molecule has 20 heavy (non-hydrogen) atoms. The molecule has 0 fully saturated rings. The van der Waals surface area contributed by atoms with E-state index in [-0.39, 0.29) is 4.90 Å². The molecule has 1 rings (SSSR count). The van der Waals surface area contributed by atoms with Crippen LogP contribution >= 0.6 is 0 Å². The van der Waals surface area contributed by atoms with Gasteiger partial charge in [-0.05, 0) is 31.3 Å². The van der Waals surface area contributed by atoms with Crippen LogP contribution in [0.3, 0.4) is 0 Å². The molecule has 0 heterocycles. The summed E-state index contributed by atoms with van der Waals surface area (Å²) in [5.41, 5.74) is -4.13. The Bertz CT molecular complexity index is 938. The number of amides is 1. The molecule has 1 aromatic carbocycles. The van der Waals surface area contributed by atoms with E-state index in [0.717, 1.165) is 6.92 Å². The van der Waals surface area contributed by atoms with Gasteiger partial charge in [0.15, 0.2) is 0 Å². The minimum atomic E-state index is -3.64. The number of anilines is 1. The molecule has 1 atom stereocenters. The van der Waals surface area contributed by atoms with Crippen molar-refractivity contribution in [2.45, 2.75) is 33.0 Å². The maximum Gasteiger partial charge on any atom is 0.394 e. The number of carbonyl (C=O) groups excluding carboxylic acids is 1. The second-order valence-electron chi connectivity index (χ2n) is 3.59. The lowest BCUT2D eigenvalue weighted by Crippen LogP contribution is -2.47. The van der Waals surface area contributed by atoms with Gasteiger partial charge in [-0.25, -0.2) is 9.59 Å². The van der Waals surface area contributed by atoms with Gasteiger partial charge in [-0.15, -0.1) is 0 Å². The van der Waals surface area contributed by atoms with Gasteiger partial charge >= 0.3 is 17.8 Å². The Labute approximate surface area is 132 Å². The SMILES string of the molecule is [2H]c1c([2H])c(C([2H])([2H])[2H])c(N(C(=O)C(=O)O)[C@H](C)C(=O)O)c(C([2H])([2H])C([2H])([2H])[2H])c1[2H]. The smallest absolute Gasteiger partial charge is 0.394 e. The van der Waals surface area contributed by atoms with E-state index < -0.39 is 78.9 Å². The molecule has 2 N–H and O–H groups in total. The normalized spacial score (nSPS) is 21.8. The third-order valence-electron chi connectivity index (χ3n) is 2.36. The van der Waals surface area contributed by atoms with Gasteiger partial charge in [0, 0.05) is 11.0 Å². The van der Waals surface area contributed by atoms with E-state index in [4.69, 9.17) is 20.2 Å². The lowest BCUT2D eigenvalue weighted by molar-refractivity contribution is -0.150. The minimum Gasteiger partial charge on any atom is -0.480 e. The number of hydrogen-bond donors (Lipinski definition) is 2. The lowest BCUT2D eigenvalue weighted by Gasteiger charge is -2.28. The molecule has 0 aliphatic carbocycles. The highest BCUT2D eigenvalue weighted by atomic mass is 16.4. The fourth-order valence-corrected chi connectivity index (χ4v) is 1.42. The fourth-order valence-electron chi connectivity index (χ4n) is 1.42. The van der Waals surface area contributed by atoms with Crippen LogP contribution in [0.15, 0.2) is 18.1 Å². The quantitative estimate of drug-likeness (QED) is 0.818. The lowest BCUT2D eigenvalue weighted by atomic mass is 10.0. The highest BCUT2D eigenvalue weighted by Gasteiger charge is 2.33. The number of para-hydroxylation sites is 1. The zero-order chi connectivity index (χ0) is 24.9. The van der Waals surface area contributed by atoms with E-state index >= 15 is 0 Å². The van der Waals surface area contributed by atoms with Crippen molar-refractivity contribution in [2.75, 3.05) is 4.90 Å². The number of hydrogen-bond acceptors (Lipinski definition) is 3. The van der Waals surface area contributed by atoms with Crippen LogP contribution in [-0.4, -0.2) is 34.1 Å². The zero-order valence-electron chi connectivity index (χ0n) is 21.1. The van der Waals surface area contributed by atoms with Gasteiger partial charge in [0.25, 0.3) is 0 Å². The average Bonchev–Trinajstić information content (AvgIpc) is 2.57. The first-order valence-electron chi connectivity index (χ1n) is 10.6. The fraction of sp³-hybridized carbons (Fsp3) is 0.357. The summed E-state index contributed by atoms with van der Waals surface area (Å²) in [6.07, 6.45) is -3.64. The highest BCUT2D eigenvalue weighted by Crippen LogP contribution is 2.28. The van der Waals surface area contributed by atoms with Crippen molar-refractivity contribution >= 4 is 23.5 Å². The van der Waals surface area contributed by atoms with E-state index in [9.17, 15) is 19.5 Å². The Hall–Kier alpha value is -2.37. The summed E-state index contributed by atoms with van der Waals surface area (Å²) >= 11 is 0. The Morgan fingerprint density at radius 2 is 2.15 bits per heavy atom. The second kappa shape index (κ2) is 6.18. The highest BCUT2D eigenvalue weighted by molar-refractivity contribution is 6.38. The molecule has 0 radical (unpaired) electrons. The number of benzene rings is 1. The number of carbonyl (C=O) groups is 3. The summed E-state index contributed by atoms with van der Waals surface area (Å²) in [5.74, 6) is -6.24. The van der Waals surface area contributed by atoms with Crippen LogP contribution in [0.1, 0.15) is 40.0 Å². The molecule has 0 saturated carbocycles. The zero-order valence-corrected chi connectivity index (χ0v) is 10.1. The van der Waals surface area contributed by atoms with Gasteiger partial charge in [0.05, 0.1) is 9.80 Å². The standard InChI is InChI=1S/C14H17NO5/c1-4-10-7-5-6-8(2)11(10)15(9(3)13(17)18)12(16)14(19)20/h5-7,9H,4H2,1-3H3,(H,17,18)(H,19,20)/t9-/m1/s1/i1D3,2D3,4D2,5D,6D,7D. The number of nitrogens with zero attached hydrogens (tertiary/aromatic N) is 1. The van der Waals surface area contributed by atoms with E-state index in [1.165, 1.54) is 0 Å². The first kappa shape index (κ1) is 5.95. The van der Waals surface area contributed by atoms with Gasteiger partial charge in [-0.3, -0.25) is 9.69 Å². The molecule has 1 amide bonds. The number of aliphatic carboxylic acids is 2. The summed E-state index contributed by atoms with van der Waals surface area (Å²) in [4.78, 5) is 35.0. The van der Waals surface area contributed by atoms with Gasteiger partial charge in [0.2, 0.25) is 0 Å². The van der Waals surface area contributed by atoms with E-state index in [1.54, 1.807) is 0 Å². The predicted octanol–water partition coefficient (Wildman–Crippen LogP) is 1.45. The number of rotatable bonds is 4. The van der Waals surface area contributed by atoms with E-state index in [2.05, 4.69) is 0 Å². The van der Waals surface area contributed by atoms with Crippen LogP contribution in [0.25, 0.3) is 0 Å². The molecule has 0 aromatic heterocycles. The summed E-state index contributed by atoms with van der Waals surface area (Å²) in [6, 6.07) is -5.93. The molecule has 0 saturated heterocycles. The van der Waals surface area contributed by atoms with Crippen LogP contribution in [-0.2, 0) is 20.8 Å². The Balaban J connectivity index is 4.47. The van der Waals surface area contributed by atoms with Crippen molar-refractivity contribution in [1.82, 2.24) is 0 Å². The molecule has 1 aromatic rings. The Morgan fingerprint density at radius 3 is 2.65 bits per heavy atom. The summed E-state index contributed by atoms with van der Waals surface area (Å²) in [5, 5.41) is 18.4. The molecule has 0 unspecified atom stereocenters. The van der Waals surface area contributed by atoms with Crippen molar-refractivity contribution in [2.24, 2.45) is 0 Å². The minimum absolute atomic E-state index is 0.194. The van der Waals surface area contributed by atoms with Crippen molar-refractivity contribution in [3.8, 4) is 0 Å². The molecular formula is C14H17NO5. The largest absolute Gasteiger partial charge is 0.480 e. The van der Waals surface area contributed by atoms with E-state index in [1.807, 2.05) is 0 Å². The molecule has 0 aliphatic heterocycles. The molecule has 0 spiro atoms. The van der Waals surface area contributed by atoms with Crippen molar-refractivity contribution in [1.29, 1.82) is 0 Å². The molecule has 6 heteroatoms. The monoisotopic (exact) mass is 290 g/mol. The second-order valence-corrected chi connectivity index (χ2v) is 3.59. The van der Waals surface area contributed by atoms with Crippen molar-refractivity contribution in [3.63, 3.8) is 0 Å². The predicted molar refractivity (Wildman–Crippen MR) is 72.8 cm³/mol. The van der Waals surface area contributed by atoms with Crippen molar-refractivity contribution < 1.29 is 39.7 Å². The summed E-state index contributed by atoms with van der Waals surface area (Å²) < 4.78 is 84.9. The molecule has 0 aliphatic rings. The van der Waals surface area contributed by atoms with Crippen LogP contribution in [0.2, 0.25) is 0 Å². The molecule has 6 nitrogen and oxygen atoms in total. The maximum atomic E-state index is 12.4. The molecular weight excluding hydrogens is 262 g/mol. The average molecular weight is 290 g/mol. The van der Waals surface area contributed by atoms with Crippen molar-refractivity contribution in [3.05, 3.63) is 29.3 Å². The first-order valence-corrected chi connectivity index (χ1v) is 5.13.